The first-order valence-electron chi connectivity index (χ1n) is 9.86. The van der Waals surface area contributed by atoms with E-state index in [1.165, 1.54) is 23.4 Å². The summed E-state index contributed by atoms with van der Waals surface area (Å²) in [7, 11) is -3.59. The van der Waals surface area contributed by atoms with Gasteiger partial charge in [-0.3, -0.25) is 4.79 Å². The number of piperidine rings is 1. The fourth-order valence-electron chi connectivity index (χ4n) is 3.58. The molecule has 156 valence electrons. The van der Waals surface area contributed by atoms with Gasteiger partial charge in [-0.2, -0.15) is 9.29 Å². The van der Waals surface area contributed by atoms with Crippen LogP contribution in [-0.2, 0) is 10.0 Å². The molecule has 2 heterocycles. The second kappa shape index (κ2) is 8.12. The molecule has 4 rings (SSSR count). The highest BCUT2D eigenvalue weighted by Crippen LogP contribution is 2.30. The summed E-state index contributed by atoms with van der Waals surface area (Å²) < 4.78 is 32.7. The van der Waals surface area contributed by atoms with Gasteiger partial charge in [0.05, 0.1) is 4.90 Å². The van der Waals surface area contributed by atoms with Crippen LogP contribution in [0.15, 0.2) is 57.9 Å². The van der Waals surface area contributed by atoms with Crippen molar-refractivity contribution in [3.63, 3.8) is 0 Å². The van der Waals surface area contributed by atoms with E-state index in [0.717, 1.165) is 11.1 Å². The zero-order valence-corrected chi connectivity index (χ0v) is 17.7. The number of ketones is 1. The molecule has 30 heavy (non-hydrogen) atoms. The van der Waals surface area contributed by atoms with Crippen molar-refractivity contribution in [1.82, 2.24) is 14.4 Å². The normalized spacial score (nSPS) is 15.9. The van der Waals surface area contributed by atoms with E-state index in [4.69, 9.17) is 4.52 Å². The van der Waals surface area contributed by atoms with Crippen molar-refractivity contribution in [3.8, 4) is 11.5 Å². The number of aromatic nitrogens is 2. The Bertz CT molecular complexity index is 1140. The van der Waals surface area contributed by atoms with Crippen LogP contribution in [0.5, 0.6) is 0 Å². The molecular weight excluding hydrogens is 402 g/mol. The van der Waals surface area contributed by atoms with Gasteiger partial charge in [0.25, 0.3) is 5.89 Å². The molecule has 1 aliphatic heterocycles. The molecule has 2 aromatic carbocycles. The first-order valence-corrected chi connectivity index (χ1v) is 11.3. The van der Waals surface area contributed by atoms with E-state index in [1.54, 1.807) is 12.1 Å². The van der Waals surface area contributed by atoms with Gasteiger partial charge in [0.1, 0.15) is 0 Å². The molecule has 0 amide bonds. The number of rotatable bonds is 5. The van der Waals surface area contributed by atoms with Gasteiger partial charge in [0, 0.05) is 30.1 Å². The monoisotopic (exact) mass is 425 g/mol. The first-order chi connectivity index (χ1) is 14.3. The maximum atomic E-state index is 12.9. The molecule has 0 spiro atoms. The van der Waals surface area contributed by atoms with Crippen molar-refractivity contribution in [2.75, 3.05) is 13.1 Å². The van der Waals surface area contributed by atoms with Gasteiger partial charge < -0.3 is 4.52 Å². The van der Waals surface area contributed by atoms with Gasteiger partial charge in [-0.15, -0.1) is 0 Å². The molecule has 0 aliphatic carbocycles. The Kier molecular flexibility index (Phi) is 5.53. The minimum Gasteiger partial charge on any atom is -0.334 e. The maximum Gasteiger partial charge on any atom is 0.257 e. The number of aryl methyl sites for hydroxylation is 1. The lowest BCUT2D eigenvalue weighted by Gasteiger charge is -2.29. The number of hydrogen-bond donors (Lipinski definition) is 0. The van der Waals surface area contributed by atoms with Crippen LogP contribution in [0.25, 0.3) is 11.5 Å². The molecule has 1 fully saturated rings. The summed E-state index contributed by atoms with van der Waals surface area (Å²) in [6.45, 7) is 4.24. The summed E-state index contributed by atoms with van der Waals surface area (Å²) in [6, 6.07) is 14.0. The average Bonchev–Trinajstić information content (AvgIpc) is 3.25. The SMILES string of the molecule is CC(=O)c1ccc(S(=O)(=O)N2CCC(c3noc(-c4ccc(C)cc4)n3)CC2)cc1. The fourth-order valence-corrected chi connectivity index (χ4v) is 5.05. The van der Waals surface area contributed by atoms with Crippen molar-refractivity contribution in [2.45, 2.75) is 37.5 Å². The molecule has 0 radical (unpaired) electrons. The standard InChI is InChI=1S/C22H23N3O4S/c1-15-3-5-19(6-4-15)22-23-21(24-29-22)18-11-13-25(14-12-18)30(27,28)20-9-7-17(8-10-20)16(2)26/h3-10,18H,11-14H2,1-2H3. The molecule has 8 heteroatoms. The van der Waals surface area contributed by atoms with Crippen LogP contribution in [0, 0.1) is 6.92 Å². The Balaban J connectivity index is 1.43. The summed E-state index contributed by atoms with van der Waals surface area (Å²) in [5.41, 5.74) is 2.52. The smallest absolute Gasteiger partial charge is 0.257 e. The number of benzene rings is 2. The van der Waals surface area contributed by atoms with Crippen LogP contribution >= 0.6 is 0 Å². The number of carbonyl (C=O) groups is 1. The zero-order chi connectivity index (χ0) is 21.3. The number of hydrogen-bond acceptors (Lipinski definition) is 6. The van der Waals surface area contributed by atoms with Crippen LogP contribution in [-0.4, -0.2) is 41.7 Å². The summed E-state index contributed by atoms with van der Waals surface area (Å²) in [6.07, 6.45) is 1.25. The Morgan fingerprint density at radius 3 is 2.27 bits per heavy atom. The molecule has 1 aliphatic rings. The molecule has 0 N–H and O–H groups in total. The first kappa shape index (κ1) is 20.4. The number of Topliss-reactive ketones (excluding diaryl/α,β-unsaturated/α-hetero) is 1. The second-order valence-electron chi connectivity index (χ2n) is 7.58. The van der Waals surface area contributed by atoms with E-state index >= 15 is 0 Å². The van der Waals surface area contributed by atoms with Crippen LogP contribution in [0.3, 0.4) is 0 Å². The highest BCUT2D eigenvalue weighted by Gasteiger charge is 2.32. The molecule has 7 nitrogen and oxygen atoms in total. The van der Waals surface area contributed by atoms with Crippen molar-refractivity contribution in [3.05, 3.63) is 65.5 Å². The van der Waals surface area contributed by atoms with Gasteiger partial charge in [0.15, 0.2) is 11.6 Å². The van der Waals surface area contributed by atoms with Gasteiger partial charge in [-0.05, 0) is 51.0 Å². The second-order valence-corrected chi connectivity index (χ2v) is 9.52. The number of sulfonamides is 1. The number of nitrogens with zero attached hydrogens (tertiary/aromatic N) is 3. The fraction of sp³-hybridized carbons (Fsp3) is 0.318. The molecule has 0 saturated carbocycles. The Hall–Kier alpha value is -2.84. The quantitative estimate of drug-likeness (QED) is 0.577. The highest BCUT2D eigenvalue weighted by atomic mass is 32.2. The zero-order valence-electron chi connectivity index (χ0n) is 16.9. The van der Waals surface area contributed by atoms with E-state index in [9.17, 15) is 13.2 Å². The average molecular weight is 426 g/mol. The summed E-state index contributed by atoms with van der Waals surface area (Å²) >= 11 is 0. The molecule has 3 aromatic rings. The van der Waals surface area contributed by atoms with E-state index in [-0.39, 0.29) is 16.6 Å². The maximum absolute atomic E-state index is 12.9. The van der Waals surface area contributed by atoms with Gasteiger partial charge >= 0.3 is 0 Å². The van der Waals surface area contributed by atoms with Crippen molar-refractivity contribution >= 4 is 15.8 Å². The molecule has 0 atom stereocenters. The lowest BCUT2D eigenvalue weighted by Crippen LogP contribution is -2.38. The van der Waals surface area contributed by atoms with Crippen molar-refractivity contribution < 1.29 is 17.7 Å². The molecule has 0 bridgehead atoms. The Morgan fingerprint density at radius 2 is 1.67 bits per heavy atom. The highest BCUT2D eigenvalue weighted by molar-refractivity contribution is 7.89. The van der Waals surface area contributed by atoms with Crippen LogP contribution in [0.4, 0.5) is 0 Å². The summed E-state index contributed by atoms with van der Waals surface area (Å²) in [5.74, 6) is 1.06. The molecule has 1 aromatic heterocycles. The summed E-state index contributed by atoms with van der Waals surface area (Å²) in [5, 5.41) is 4.12. The third-order valence-corrected chi connectivity index (χ3v) is 7.37. The van der Waals surface area contributed by atoms with Crippen LogP contribution < -0.4 is 0 Å². The van der Waals surface area contributed by atoms with E-state index in [1.807, 2.05) is 31.2 Å². The van der Waals surface area contributed by atoms with Crippen LogP contribution in [0.1, 0.15) is 47.4 Å². The van der Waals surface area contributed by atoms with E-state index < -0.39 is 10.0 Å². The Labute approximate surface area is 175 Å². The van der Waals surface area contributed by atoms with Gasteiger partial charge in [-0.1, -0.05) is 35.0 Å². The predicted molar refractivity (Wildman–Crippen MR) is 112 cm³/mol. The lowest BCUT2D eigenvalue weighted by atomic mass is 9.97. The summed E-state index contributed by atoms with van der Waals surface area (Å²) in [4.78, 5) is 16.1. The van der Waals surface area contributed by atoms with Crippen molar-refractivity contribution in [2.24, 2.45) is 0 Å². The molecular formula is C22H23N3O4S. The van der Waals surface area contributed by atoms with Crippen molar-refractivity contribution in [1.29, 1.82) is 0 Å². The lowest BCUT2D eigenvalue weighted by molar-refractivity contribution is 0.101. The van der Waals surface area contributed by atoms with E-state index in [2.05, 4.69) is 10.1 Å². The third-order valence-electron chi connectivity index (χ3n) is 5.46. The van der Waals surface area contributed by atoms with Gasteiger partial charge in [0.2, 0.25) is 10.0 Å². The minimum absolute atomic E-state index is 0.0551. The topological polar surface area (TPSA) is 93.4 Å². The molecule has 0 unspecified atom stereocenters. The predicted octanol–water partition coefficient (Wildman–Crippen LogP) is 3.82. The largest absolute Gasteiger partial charge is 0.334 e. The number of carbonyl (C=O) groups excluding carboxylic acids is 1. The third kappa shape index (κ3) is 4.06. The van der Waals surface area contributed by atoms with E-state index in [0.29, 0.717) is 43.2 Å². The Morgan fingerprint density at radius 1 is 1.03 bits per heavy atom. The van der Waals surface area contributed by atoms with Crippen LogP contribution in [0.2, 0.25) is 0 Å². The molecule has 1 saturated heterocycles. The minimum atomic E-state index is -3.59. The van der Waals surface area contributed by atoms with Gasteiger partial charge in [-0.25, -0.2) is 8.42 Å².